The maximum atomic E-state index is 12.9. The second kappa shape index (κ2) is 7.03. The van der Waals surface area contributed by atoms with Crippen LogP contribution in [-0.2, 0) is 13.0 Å². The molecule has 0 saturated carbocycles. The van der Waals surface area contributed by atoms with Gasteiger partial charge in [-0.2, -0.15) is 9.50 Å². The van der Waals surface area contributed by atoms with Gasteiger partial charge in [0.2, 0.25) is 0 Å². The molecule has 0 spiro atoms. The zero-order valence-electron chi connectivity index (χ0n) is 15.4. The first-order chi connectivity index (χ1) is 12.6. The van der Waals surface area contributed by atoms with Crippen molar-refractivity contribution >= 4 is 5.78 Å². The molecule has 6 heteroatoms. The summed E-state index contributed by atoms with van der Waals surface area (Å²) in [5.74, 6) is 2.07. The highest BCUT2D eigenvalue weighted by Crippen LogP contribution is 2.17. The van der Waals surface area contributed by atoms with Gasteiger partial charge in [0.25, 0.3) is 11.3 Å². The van der Waals surface area contributed by atoms with E-state index in [1.54, 1.807) is 0 Å². The van der Waals surface area contributed by atoms with Crippen molar-refractivity contribution in [3.05, 3.63) is 63.3 Å². The summed E-state index contributed by atoms with van der Waals surface area (Å²) in [4.78, 5) is 24.4. The minimum Gasteiger partial charge on any atom is -0.296 e. The first-order valence-corrected chi connectivity index (χ1v) is 9.33. The summed E-state index contributed by atoms with van der Waals surface area (Å²) < 4.78 is 1.49. The molecule has 3 heterocycles. The van der Waals surface area contributed by atoms with Crippen molar-refractivity contribution in [2.24, 2.45) is 5.92 Å². The Labute approximate surface area is 152 Å². The van der Waals surface area contributed by atoms with Gasteiger partial charge in [-0.1, -0.05) is 37.3 Å². The summed E-state index contributed by atoms with van der Waals surface area (Å²) in [6, 6.07) is 10.0. The molecule has 0 amide bonds. The van der Waals surface area contributed by atoms with E-state index < -0.39 is 0 Å². The molecule has 1 aromatic carbocycles. The molecule has 1 aliphatic rings. The highest BCUT2D eigenvalue weighted by molar-refractivity contribution is 5.34. The molecule has 0 unspecified atom stereocenters. The van der Waals surface area contributed by atoms with Gasteiger partial charge in [0.05, 0.1) is 12.2 Å². The lowest BCUT2D eigenvalue weighted by Crippen LogP contribution is -2.32. The number of hydrogen-bond donors (Lipinski definition) is 1. The third kappa shape index (κ3) is 3.42. The van der Waals surface area contributed by atoms with Crippen LogP contribution in [0, 0.1) is 12.8 Å². The monoisotopic (exact) mass is 351 g/mol. The summed E-state index contributed by atoms with van der Waals surface area (Å²) in [6.07, 6.45) is 3.03. The van der Waals surface area contributed by atoms with Crippen LogP contribution >= 0.6 is 0 Å². The van der Waals surface area contributed by atoms with Gasteiger partial charge in [-0.05, 0) is 44.3 Å². The summed E-state index contributed by atoms with van der Waals surface area (Å²) in [7, 11) is 0. The lowest BCUT2D eigenvalue weighted by Gasteiger charge is -2.29. The van der Waals surface area contributed by atoms with Gasteiger partial charge in [0.1, 0.15) is 5.82 Å². The molecule has 1 N–H and O–H groups in total. The summed E-state index contributed by atoms with van der Waals surface area (Å²) >= 11 is 0. The number of likely N-dealkylation sites (tertiary alicyclic amines) is 1. The summed E-state index contributed by atoms with van der Waals surface area (Å²) in [5, 5.41) is 3.16. The molecule has 136 valence electrons. The zero-order valence-corrected chi connectivity index (χ0v) is 15.4. The quantitative estimate of drug-likeness (QED) is 0.784. The molecule has 3 aromatic rings. The van der Waals surface area contributed by atoms with Crippen LogP contribution in [0.15, 0.2) is 35.1 Å². The van der Waals surface area contributed by atoms with Crippen molar-refractivity contribution < 1.29 is 0 Å². The number of nitrogens with one attached hydrogen (secondary N) is 1. The number of H-pyrrole nitrogens is 1. The SMILES string of the molecule is Cc1nc2nc(CN3CCC(C)CC3)[nH]n2c(=O)c1Cc1ccccc1. The van der Waals surface area contributed by atoms with Crippen LogP contribution < -0.4 is 5.56 Å². The Morgan fingerprint density at radius 1 is 1.15 bits per heavy atom. The molecule has 6 nitrogen and oxygen atoms in total. The van der Waals surface area contributed by atoms with Crippen LogP contribution in [0.1, 0.15) is 42.4 Å². The number of nitrogens with zero attached hydrogens (tertiary/aromatic N) is 4. The van der Waals surface area contributed by atoms with E-state index in [1.165, 1.54) is 17.4 Å². The number of piperidine rings is 1. The van der Waals surface area contributed by atoms with Gasteiger partial charge in [-0.3, -0.25) is 14.8 Å². The van der Waals surface area contributed by atoms with E-state index in [1.807, 2.05) is 37.3 Å². The van der Waals surface area contributed by atoms with Gasteiger partial charge < -0.3 is 0 Å². The van der Waals surface area contributed by atoms with Crippen molar-refractivity contribution in [1.29, 1.82) is 0 Å². The first kappa shape index (κ1) is 17.0. The van der Waals surface area contributed by atoms with Crippen LogP contribution in [0.2, 0.25) is 0 Å². The minimum absolute atomic E-state index is 0.0534. The largest absolute Gasteiger partial charge is 0.296 e. The smallest absolute Gasteiger partial charge is 0.277 e. The lowest BCUT2D eigenvalue weighted by molar-refractivity contribution is 0.181. The molecule has 0 bridgehead atoms. The van der Waals surface area contributed by atoms with Crippen molar-refractivity contribution in [1.82, 2.24) is 24.5 Å². The number of fused-ring (bicyclic) bond motifs is 1. The van der Waals surface area contributed by atoms with Crippen molar-refractivity contribution in [3.63, 3.8) is 0 Å². The Morgan fingerprint density at radius 2 is 1.88 bits per heavy atom. The van der Waals surface area contributed by atoms with Gasteiger partial charge >= 0.3 is 0 Å². The molecule has 0 aliphatic carbocycles. The predicted molar refractivity (Wildman–Crippen MR) is 101 cm³/mol. The van der Waals surface area contributed by atoms with Crippen LogP contribution in [0.4, 0.5) is 0 Å². The fourth-order valence-corrected chi connectivity index (χ4v) is 3.60. The van der Waals surface area contributed by atoms with Crippen molar-refractivity contribution in [2.75, 3.05) is 13.1 Å². The van der Waals surface area contributed by atoms with Crippen LogP contribution in [0.25, 0.3) is 5.78 Å². The maximum absolute atomic E-state index is 12.9. The third-order valence-corrected chi connectivity index (χ3v) is 5.31. The van der Waals surface area contributed by atoms with Gasteiger partial charge in [-0.25, -0.2) is 4.98 Å². The highest BCUT2D eigenvalue weighted by atomic mass is 16.1. The second-order valence-electron chi connectivity index (χ2n) is 7.41. The average molecular weight is 351 g/mol. The summed E-state index contributed by atoms with van der Waals surface area (Å²) in [5.41, 5.74) is 2.53. The Bertz CT molecular complexity index is 951. The maximum Gasteiger partial charge on any atom is 0.277 e. The van der Waals surface area contributed by atoms with Crippen LogP contribution in [0.3, 0.4) is 0 Å². The molecule has 0 radical (unpaired) electrons. The Kier molecular flexibility index (Phi) is 4.59. The number of aryl methyl sites for hydroxylation is 1. The van der Waals surface area contributed by atoms with Crippen molar-refractivity contribution in [2.45, 2.75) is 39.7 Å². The molecular formula is C20H25N5O. The van der Waals surface area contributed by atoms with Crippen LogP contribution in [0.5, 0.6) is 0 Å². The molecule has 1 aliphatic heterocycles. The fraction of sp³-hybridized carbons (Fsp3) is 0.450. The van der Waals surface area contributed by atoms with E-state index in [9.17, 15) is 4.79 Å². The van der Waals surface area contributed by atoms with E-state index in [0.717, 1.165) is 48.2 Å². The van der Waals surface area contributed by atoms with E-state index in [4.69, 9.17) is 0 Å². The van der Waals surface area contributed by atoms with Crippen molar-refractivity contribution in [3.8, 4) is 0 Å². The van der Waals surface area contributed by atoms with E-state index in [-0.39, 0.29) is 5.56 Å². The second-order valence-corrected chi connectivity index (χ2v) is 7.41. The molecular weight excluding hydrogens is 326 g/mol. The van der Waals surface area contributed by atoms with Gasteiger partial charge in [0.15, 0.2) is 0 Å². The topological polar surface area (TPSA) is 66.3 Å². The Hall–Kier alpha value is -2.47. The lowest BCUT2D eigenvalue weighted by atomic mass is 9.99. The van der Waals surface area contributed by atoms with Crippen LogP contribution in [-0.4, -0.2) is 37.6 Å². The average Bonchev–Trinajstić information content (AvgIpc) is 3.04. The molecule has 1 saturated heterocycles. The number of aromatic nitrogens is 4. The highest BCUT2D eigenvalue weighted by Gasteiger charge is 2.18. The van der Waals surface area contributed by atoms with Gasteiger partial charge in [0, 0.05) is 12.0 Å². The number of aromatic amines is 1. The number of rotatable bonds is 4. The number of benzene rings is 1. The normalized spacial score (nSPS) is 16.4. The number of hydrogen-bond acceptors (Lipinski definition) is 4. The minimum atomic E-state index is -0.0534. The first-order valence-electron chi connectivity index (χ1n) is 9.33. The van der Waals surface area contributed by atoms with E-state index in [2.05, 4.69) is 26.9 Å². The fourth-order valence-electron chi connectivity index (χ4n) is 3.60. The zero-order chi connectivity index (χ0) is 18.1. The molecule has 0 atom stereocenters. The molecule has 2 aromatic heterocycles. The third-order valence-electron chi connectivity index (χ3n) is 5.31. The molecule has 4 rings (SSSR count). The van der Waals surface area contributed by atoms with Gasteiger partial charge in [-0.15, -0.1) is 0 Å². The standard InChI is InChI=1S/C20H25N5O/c1-14-8-10-24(11-9-14)13-18-22-20-21-15(2)17(19(26)25(20)23-18)12-16-6-4-3-5-7-16/h3-7,14H,8-13H2,1-2H3,(H,21,22,23). The molecule has 1 fully saturated rings. The van der Waals surface area contributed by atoms with E-state index >= 15 is 0 Å². The van der Waals surface area contributed by atoms with E-state index in [0.29, 0.717) is 12.2 Å². The summed E-state index contributed by atoms with van der Waals surface area (Å²) in [6.45, 7) is 7.10. The molecule has 26 heavy (non-hydrogen) atoms. The Morgan fingerprint density at radius 3 is 2.62 bits per heavy atom. The predicted octanol–water partition coefficient (Wildman–Crippen LogP) is 2.55. The Balaban J connectivity index is 1.62.